The van der Waals surface area contributed by atoms with E-state index in [9.17, 15) is 13.2 Å². The van der Waals surface area contributed by atoms with Crippen LogP contribution >= 0.6 is 12.4 Å². The van der Waals surface area contributed by atoms with E-state index in [1.54, 1.807) is 35.5 Å². The lowest BCUT2D eigenvalue weighted by Gasteiger charge is -2.37. The Labute approximate surface area is 165 Å². The molecule has 1 saturated heterocycles. The van der Waals surface area contributed by atoms with Crippen molar-refractivity contribution in [1.29, 1.82) is 0 Å². The minimum Gasteiger partial charge on any atom is -0.332 e. The van der Waals surface area contributed by atoms with Crippen LogP contribution in [-0.4, -0.2) is 61.7 Å². The lowest BCUT2D eigenvalue weighted by atomic mass is 10.1. The number of likely N-dealkylation sites (N-methyl/N-ethyl adjacent to an activating group) is 1. The Morgan fingerprint density at radius 1 is 1.26 bits per heavy atom. The second-order valence-corrected chi connectivity index (χ2v) is 8.21. The van der Waals surface area contributed by atoms with Gasteiger partial charge < -0.3 is 10.2 Å². The summed E-state index contributed by atoms with van der Waals surface area (Å²) >= 11 is 0. The van der Waals surface area contributed by atoms with Crippen molar-refractivity contribution in [2.45, 2.75) is 10.9 Å². The summed E-state index contributed by atoms with van der Waals surface area (Å²) in [6.07, 6.45) is 3.43. The fourth-order valence-corrected chi connectivity index (χ4v) is 4.15. The van der Waals surface area contributed by atoms with Crippen LogP contribution in [0.2, 0.25) is 0 Å². The number of amides is 1. The van der Waals surface area contributed by atoms with Gasteiger partial charge in [-0.05, 0) is 23.8 Å². The van der Waals surface area contributed by atoms with Crippen LogP contribution in [0, 0.1) is 0 Å². The van der Waals surface area contributed by atoms with Crippen LogP contribution in [0.1, 0.15) is 11.6 Å². The average molecular weight is 411 g/mol. The molecule has 27 heavy (non-hydrogen) atoms. The number of carbonyl (C=O) groups excluding carboxylic acids is 1. The molecule has 1 N–H and O–H groups in total. The predicted molar refractivity (Wildman–Crippen MR) is 105 cm³/mol. The molecule has 0 radical (unpaired) electrons. The summed E-state index contributed by atoms with van der Waals surface area (Å²) in [5.74, 6) is -0.220. The second kappa shape index (κ2) is 9.27. The molecule has 0 spiro atoms. The molecule has 7 nitrogen and oxygen atoms in total. The van der Waals surface area contributed by atoms with Crippen molar-refractivity contribution >= 4 is 28.3 Å². The van der Waals surface area contributed by atoms with E-state index in [2.05, 4.69) is 10.3 Å². The van der Waals surface area contributed by atoms with Crippen molar-refractivity contribution < 1.29 is 13.2 Å². The molecular formula is C18H23ClN4O3S. The third-order valence-electron chi connectivity index (χ3n) is 4.44. The molecule has 1 atom stereocenters. The number of halogens is 1. The Balaban J connectivity index is 0.00000261. The van der Waals surface area contributed by atoms with Crippen LogP contribution in [-0.2, 0) is 14.8 Å². The van der Waals surface area contributed by atoms with E-state index in [0.717, 1.165) is 9.87 Å². The Morgan fingerprint density at radius 2 is 2.00 bits per heavy atom. The zero-order valence-electron chi connectivity index (χ0n) is 15.0. The van der Waals surface area contributed by atoms with Crippen molar-refractivity contribution in [3.8, 4) is 0 Å². The largest absolute Gasteiger partial charge is 0.332 e. The molecule has 0 aliphatic carbocycles. The molecule has 1 aliphatic rings. The number of hydrogen-bond donors (Lipinski definition) is 1. The first-order valence-corrected chi connectivity index (χ1v) is 9.85. The van der Waals surface area contributed by atoms with Crippen LogP contribution in [0.3, 0.4) is 0 Å². The van der Waals surface area contributed by atoms with E-state index in [-0.39, 0.29) is 35.8 Å². The molecule has 2 aromatic rings. The summed E-state index contributed by atoms with van der Waals surface area (Å²) in [6.45, 7) is 1.62. The molecular weight excluding hydrogens is 388 g/mol. The molecule has 1 amide bonds. The number of nitrogens with zero attached hydrogens (tertiary/aromatic N) is 3. The third-order valence-corrected chi connectivity index (χ3v) is 6.26. The quantitative estimate of drug-likeness (QED) is 0.803. The van der Waals surface area contributed by atoms with Gasteiger partial charge in [-0.3, -0.25) is 9.78 Å². The van der Waals surface area contributed by atoms with Gasteiger partial charge in [0.2, 0.25) is 15.9 Å². The molecule has 146 valence electrons. The number of hydrogen-bond acceptors (Lipinski definition) is 5. The summed E-state index contributed by atoms with van der Waals surface area (Å²) in [7, 11) is -2.26. The first kappa shape index (κ1) is 21.3. The van der Waals surface area contributed by atoms with E-state index in [1.165, 1.54) is 19.2 Å². The topological polar surface area (TPSA) is 82.6 Å². The number of aromatic nitrogens is 1. The van der Waals surface area contributed by atoms with Crippen LogP contribution in [0.25, 0.3) is 0 Å². The molecule has 1 unspecified atom stereocenters. The van der Waals surface area contributed by atoms with Gasteiger partial charge in [-0.15, -0.1) is 12.4 Å². The van der Waals surface area contributed by atoms with E-state index < -0.39 is 10.0 Å². The molecule has 9 heteroatoms. The SMILES string of the molecule is CN(CC(=O)N1CCNCC1c1cccnc1)S(=O)(=O)c1ccccc1.Cl. The highest BCUT2D eigenvalue weighted by Crippen LogP contribution is 2.22. The lowest BCUT2D eigenvalue weighted by molar-refractivity contribution is -0.134. The van der Waals surface area contributed by atoms with Gasteiger partial charge in [-0.25, -0.2) is 8.42 Å². The Bertz CT molecular complexity index is 849. The van der Waals surface area contributed by atoms with Crippen LogP contribution in [0.4, 0.5) is 0 Å². The van der Waals surface area contributed by atoms with Crippen LogP contribution < -0.4 is 5.32 Å². The Hall–Kier alpha value is -2.00. The number of piperazine rings is 1. The normalized spacial score (nSPS) is 17.4. The Morgan fingerprint density at radius 3 is 2.67 bits per heavy atom. The summed E-state index contributed by atoms with van der Waals surface area (Å²) < 4.78 is 26.4. The fourth-order valence-electron chi connectivity index (χ4n) is 3.01. The minimum absolute atomic E-state index is 0. The summed E-state index contributed by atoms with van der Waals surface area (Å²) in [4.78, 5) is 18.9. The maximum Gasteiger partial charge on any atom is 0.243 e. The first-order valence-electron chi connectivity index (χ1n) is 8.41. The number of rotatable bonds is 5. The van der Waals surface area contributed by atoms with Crippen molar-refractivity contribution in [2.24, 2.45) is 0 Å². The van der Waals surface area contributed by atoms with Crippen molar-refractivity contribution in [3.63, 3.8) is 0 Å². The van der Waals surface area contributed by atoms with Gasteiger partial charge in [0.1, 0.15) is 0 Å². The molecule has 1 aromatic heterocycles. The molecule has 1 fully saturated rings. The van der Waals surface area contributed by atoms with Gasteiger partial charge in [0, 0.05) is 39.1 Å². The molecule has 1 aliphatic heterocycles. The molecule has 0 bridgehead atoms. The third kappa shape index (κ3) is 4.84. The first-order chi connectivity index (χ1) is 12.5. The summed E-state index contributed by atoms with van der Waals surface area (Å²) in [5, 5.41) is 3.27. The van der Waals surface area contributed by atoms with Crippen LogP contribution in [0.15, 0.2) is 59.8 Å². The lowest BCUT2D eigenvalue weighted by Crippen LogP contribution is -2.51. The van der Waals surface area contributed by atoms with Crippen molar-refractivity contribution in [3.05, 3.63) is 60.4 Å². The zero-order valence-corrected chi connectivity index (χ0v) is 16.6. The van der Waals surface area contributed by atoms with Gasteiger partial charge in [0.25, 0.3) is 0 Å². The minimum atomic E-state index is -3.70. The molecule has 3 rings (SSSR count). The maximum atomic E-state index is 12.8. The highest BCUT2D eigenvalue weighted by Gasteiger charge is 2.31. The smallest absolute Gasteiger partial charge is 0.243 e. The van der Waals surface area contributed by atoms with Gasteiger partial charge in [-0.2, -0.15) is 4.31 Å². The van der Waals surface area contributed by atoms with Gasteiger partial charge in [0.05, 0.1) is 17.5 Å². The van der Waals surface area contributed by atoms with Gasteiger partial charge in [-0.1, -0.05) is 24.3 Å². The average Bonchev–Trinajstić information content (AvgIpc) is 2.69. The highest BCUT2D eigenvalue weighted by molar-refractivity contribution is 7.89. The van der Waals surface area contributed by atoms with Gasteiger partial charge >= 0.3 is 0 Å². The van der Waals surface area contributed by atoms with Gasteiger partial charge in [0.15, 0.2) is 0 Å². The molecule has 0 saturated carbocycles. The number of carbonyl (C=O) groups is 1. The van der Waals surface area contributed by atoms with E-state index >= 15 is 0 Å². The van der Waals surface area contributed by atoms with Crippen LogP contribution in [0.5, 0.6) is 0 Å². The fraction of sp³-hybridized carbons (Fsp3) is 0.333. The Kier molecular flexibility index (Phi) is 7.32. The molecule has 2 heterocycles. The zero-order chi connectivity index (χ0) is 18.6. The standard InChI is InChI=1S/C18H22N4O3S.ClH/c1-21(26(24,25)16-7-3-2-4-8-16)14-18(23)22-11-10-20-13-17(22)15-6-5-9-19-12-15;/h2-9,12,17,20H,10-11,13-14H2,1H3;1H. The summed E-state index contributed by atoms with van der Waals surface area (Å²) in [6, 6.07) is 11.7. The number of nitrogens with one attached hydrogen (secondary N) is 1. The number of sulfonamides is 1. The van der Waals surface area contributed by atoms with E-state index in [1.807, 2.05) is 12.1 Å². The van der Waals surface area contributed by atoms with E-state index in [0.29, 0.717) is 19.6 Å². The maximum absolute atomic E-state index is 12.8. The van der Waals surface area contributed by atoms with Crippen molar-refractivity contribution in [2.75, 3.05) is 33.2 Å². The van der Waals surface area contributed by atoms with Crippen molar-refractivity contribution in [1.82, 2.24) is 19.5 Å². The number of pyridine rings is 1. The highest BCUT2D eigenvalue weighted by atomic mass is 35.5. The van der Waals surface area contributed by atoms with E-state index in [4.69, 9.17) is 0 Å². The second-order valence-electron chi connectivity index (χ2n) is 6.17. The summed E-state index contributed by atoms with van der Waals surface area (Å²) in [5.41, 5.74) is 0.932. The monoisotopic (exact) mass is 410 g/mol. The number of benzene rings is 1. The predicted octanol–water partition coefficient (Wildman–Crippen LogP) is 1.30. The molecule has 1 aromatic carbocycles.